The van der Waals surface area contributed by atoms with Gasteiger partial charge >= 0.3 is 6.03 Å². The zero-order valence-corrected chi connectivity index (χ0v) is 12.9. The zero-order chi connectivity index (χ0) is 16.8. The van der Waals surface area contributed by atoms with E-state index in [1.165, 1.54) is 24.3 Å². The monoisotopic (exact) mass is 315 g/mol. The Bertz CT molecular complexity index is 682. The maximum absolute atomic E-state index is 12.8. The first-order chi connectivity index (χ1) is 10.9. The molecule has 0 aliphatic heterocycles. The van der Waals surface area contributed by atoms with Crippen molar-refractivity contribution < 1.29 is 14.0 Å². The summed E-state index contributed by atoms with van der Waals surface area (Å²) in [6.07, 6.45) is 0. The van der Waals surface area contributed by atoms with Crippen LogP contribution in [-0.4, -0.2) is 18.0 Å². The van der Waals surface area contributed by atoms with Gasteiger partial charge in [-0.2, -0.15) is 0 Å². The van der Waals surface area contributed by atoms with E-state index in [9.17, 15) is 14.0 Å². The molecule has 0 saturated heterocycles. The molecule has 120 valence electrons. The molecule has 0 spiro atoms. The summed E-state index contributed by atoms with van der Waals surface area (Å²) in [6.45, 7) is 3.77. The average Bonchev–Trinajstić information content (AvgIpc) is 2.49. The summed E-state index contributed by atoms with van der Waals surface area (Å²) in [5.74, 6) is -0.534. The lowest BCUT2D eigenvalue weighted by Crippen LogP contribution is -2.30. The Kier molecular flexibility index (Phi) is 5.30. The number of benzene rings is 2. The van der Waals surface area contributed by atoms with Gasteiger partial charge in [-0.25, -0.2) is 9.18 Å². The van der Waals surface area contributed by atoms with Crippen LogP contribution in [0.15, 0.2) is 48.5 Å². The first-order valence-corrected chi connectivity index (χ1v) is 7.18. The summed E-state index contributed by atoms with van der Waals surface area (Å²) in [4.78, 5) is 23.7. The molecule has 6 heteroatoms. The summed E-state index contributed by atoms with van der Waals surface area (Å²) in [5.41, 5.74) is 1.55. The molecule has 0 saturated carbocycles. The minimum Gasteiger partial charge on any atom is -0.350 e. The quantitative estimate of drug-likeness (QED) is 0.806. The highest BCUT2D eigenvalue weighted by Crippen LogP contribution is 2.12. The number of urea groups is 1. The van der Waals surface area contributed by atoms with Crippen molar-refractivity contribution in [3.8, 4) is 0 Å². The van der Waals surface area contributed by atoms with Gasteiger partial charge in [0.05, 0.1) is 0 Å². The van der Waals surface area contributed by atoms with Crippen molar-refractivity contribution in [3.05, 3.63) is 59.9 Å². The standard InChI is InChI=1S/C17H18FN3O2/c1-11(2)19-16(22)12-3-7-14(8-4-12)20-17(23)21-15-9-5-13(18)6-10-15/h3-11H,1-2H3,(H,19,22)(H2,20,21,23). The van der Waals surface area contributed by atoms with Gasteiger partial charge in [-0.1, -0.05) is 0 Å². The second-order valence-corrected chi connectivity index (χ2v) is 5.29. The fraction of sp³-hybridized carbons (Fsp3) is 0.176. The Morgan fingerprint density at radius 2 is 1.35 bits per heavy atom. The van der Waals surface area contributed by atoms with Gasteiger partial charge in [-0.15, -0.1) is 0 Å². The predicted molar refractivity (Wildman–Crippen MR) is 88.1 cm³/mol. The molecule has 0 fully saturated rings. The molecule has 0 radical (unpaired) electrons. The minimum atomic E-state index is -0.448. The van der Waals surface area contributed by atoms with Crippen molar-refractivity contribution in [2.45, 2.75) is 19.9 Å². The number of amides is 3. The molecule has 3 N–H and O–H groups in total. The number of carbonyl (C=O) groups excluding carboxylic acids is 2. The Morgan fingerprint density at radius 3 is 1.83 bits per heavy atom. The molecule has 0 aliphatic carbocycles. The molecular formula is C17H18FN3O2. The van der Waals surface area contributed by atoms with Crippen LogP contribution >= 0.6 is 0 Å². The topological polar surface area (TPSA) is 70.2 Å². The van der Waals surface area contributed by atoms with Crippen LogP contribution in [0, 0.1) is 5.82 Å². The third-order valence-corrected chi connectivity index (χ3v) is 2.93. The Balaban J connectivity index is 1.93. The largest absolute Gasteiger partial charge is 0.350 e. The lowest BCUT2D eigenvalue weighted by Gasteiger charge is -2.10. The van der Waals surface area contributed by atoms with Crippen molar-refractivity contribution >= 4 is 23.3 Å². The van der Waals surface area contributed by atoms with Crippen molar-refractivity contribution in [2.75, 3.05) is 10.6 Å². The Labute approximate surface area is 133 Å². The number of nitrogens with one attached hydrogen (secondary N) is 3. The summed E-state index contributed by atoms with van der Waals surface area (Å²) >= 11 is 0. The van der Waals surface area contributed by atoms with E-state index in [1.54, 1.807) is 24.3 Å². The SMILES string of the molecule is CC(C)NC(=O)c1ccc(NC(=O)Nc2ccc(F)cc2)cc1. The van der Waals surface area contributed by atoms with Gasteiger partial charge in [0.15, 0.2) is 0 Å². The molecule has 2 rings (SSSR count). The molecule has 5 nitrogen and oxygen atoms in total. The zero-order valence-electron chi connectivity index (χ0n) is 12.9. The number of rotatable bonds is 4. The van der Waals surface area contributed by atoms with Crippen LogP contribution < -0.4 is 16.0 Å². The molecule has 0 heterocycles. The second-order valence-electron chi connectivity index (χ2n) is 5.29. The summed E-state index contributed by atoms with van der Waals surface area (Å²) in [7, 11) is 0. The van der Waals surface area contributed by atoms with Crippen LogP contribution in [0.3, 0.4) is 0 Å². The van der Waals surface area contributed by atoms with Crippen LogP contribution in [-0.2, 0) is 0 Å². The van der Waals surface area contributed by atoms with E-state index in [2.05, 4.69) is 16.0 Å². The normalized spacial score (nSPS) is 10.3. The first kappa shape index (κ1) is 16.5. The highest BCUT2D eigenvalue weighted by atomic mass is 19.1. The third-order valence-electron chi connectivity index (χ3n) is 2.93. The van der Waals surface area contributed by atoms with Gasteiger partial charge in [0.25, 0.3) is 5.91 Å². The van der Waals surface area contributed by atoms with Crippen LogP contribution in [0.2, 0.25) is 0 Å². The van der Waals surface area contributed by atoms with Crippen molar-refractivity contribution in [1.29, 1.82) is 0 Å². The number of hydrogen-bond acceptors (Lipinski definition) is 2. The second kappa shape index (κ2) is 7.40. The molecule has 2 aromatic carbocycles. The molecular weight excluding hydrogens is 297 g/mol. The van der Waals surface area contributed by atoms with Gasteiger partial charge in [-0.05, 0) is 62.4 Å². The summed E-state index contributed by atoms with van der Waals surface area (Å²) in [6, 6.07) is 11.6. The lowest BCUT2D eigenvalue weighted by molar-refractivity contribution is 0.0943. The highest BCUT2D eigenvalue weighted by Gasteiger charge is 2.07. The van der Waals surface area contributed by atoms with Crippen LogP contribution in [0.1, 0.15) is 24.2 Å². The fourth-order valence-electron chi connectivity index (χ4n) is 1.88. The van der Waals surface area contributed by atoms with Gasteiger partial charge in [-0.3, -0.25) is 4.79 Å². The smallest absolute Gasteiger partial charge is 0.323 e. The van der Waals surface area contributed by atoms with E-state index in [4.69, 9.17) is 0 Å². The molecule has 0 atom stereocenters. The van der Waals surface area contributed by atoms with Crippen molar-refractivity contribution in [1.82, 2.24) is 5.32 Å². The predicted octanol–water partition coefficient (Wildman–Crippen LogP) is 3.61. The average molecular weight is 315 g/mol. The van der Waals surface area contributed by atoms with E-state index in [0.29, 0.717) is 16.9 Å². The number of anilines is 2. The molecule has 0 unspecified atom stereocenters. The molecule has 0 aromatic heterocycles. The van der Waals surface area contributed by atoms with Gasteiger partial charge in [0, 0.05) is 23.0 Å². The molecule has 3 amide bonds. The van der Waals surface area contributed by atoms with E-state index < -0.39 is 6.03 Å². The van der Waals surface area contributed by atoms with E-state index in [-0.39, 0.29) is 17.8 Å². The molecule has 23 heavy (non-hydrogen) atoms. The lowest BCUT2D eigenvalue weighted by atomic mass is 10.2. The summed E-state index contributed by atoms with van der Waals surface area (Å²) in [5, 5.41) is 8.01. The Hall–Kier alpha value is -2.89. The molecule has 0 aliphatic rings. The number of carbonyl (C=O) groups is 2. The van der Waals surface area contributed by atoms with E-state index >= 15 is 0 Å². The maximum atomic E-state index is 12.8. The molecule has 0 bridgehead atoms. The van der Waals surface area contributed by atoms with E-state index in [1.807, 2.05) is 13.8 Å². The van der Waals surface area contributed by atoms with Gasteiger partial charge in [0.1, 0.15) is 5.82 Å². The van der Waals surface area contributed by atoms with Crippen LogP contribution in [0.4, 0.5) is 20.6 Å². The highest BCUT2D eigenvalue weighted by molar-refractivity contribution is 6.00. The molecule has 2 aromatic rings. The van der Waals surface area contributed by atoms with E-state index in [0.717, 1.165) is 0 Å². The number of halogens is 1. The van der Waals surface area contributed by atoms with Gasteiger partial charge in [0.2, 0.25) is 0 Å². The van der Waals surface area contributed by atoms with Crippen molar-refractivity contribution in [3.63, 3.8) is 0 Å². The van der Waals surface area contributed by atoms with Crippen LogP contribution in [0.5, 0.6) is 0 Å². The minimum absolute atomic E-state index is 0.0572. The first-order valence-electron chi connectivity index (χ1n) is 7.18. The van der Waals surface area contributed by atoms with Crippen LogP contribution in [0.25, 0.3) is 0 Å². The third kappa shape index (κ3) is 5.10. The maximum Gasteiger partial charge on any atom is 0.323 e. The Morgan fingerprint density at radius 1 is 0.870 bits per heavy atom. The summed E-state index contributed by atoms with van der Waals surface area (Å²) < 4.78 is 12.8. The fourth-order valence-corrected chi connectivity index (χ4v) is 1.88. The number of hydrogen-bond donors (Lipinski definition) is 3. The van der Waals surface area contributed by atoms with Gasteiger partial charge < -0.3 is 16.0 Å². The van der Waals surface area contributed by atoms with Crippen molar-refractivity contribution in [2.24, 2.45) is 0 Å².